The zero-order valence-corrected chi connectivity index (χ0v) is 7.02. The summed E-state index contributed by atoms with van der Waals surface area (Å²) in [5.41, 5.74) is -1.42. The summed E-state index contributed by atoms with van der Waals surface area (Å²) in [7, 11) is -1.52. The normalized spacial score (nSPS) is 12.0. The van der Waals surface area contributed by atoms with Gasteiger partial charge in [0.25, 0.3) is 0 Å². The van der Waals surface area contributed by atoms with Crippen molar-refractivity contribution in [2.75, 3.05) is 14.1 Å². The molecule has 0 heterocycles. The molecule has 0 unspecified atom stereocenters. The third kappa shape index (κ3) is 4.66. The van der Waals surface area contributed by atoms with Crippen LogP contribution in [0.4, 0.5) is 4.79 Å². The molecule has 2 N–H and O–H groups in total. The first kappa shape index (κ1) is 10.3. The molecule has 0 aromatic carbocycles. The van der Waals surface area contributed by atoms with Crippen LogP contribution >= 0.6 is 7.60 Å². The average Bonchev–Trinajstić information content (AvgIpc) is 1.80. The second-order valence-electron chi connectivity index (χ2n) is 2.03. The summed E-state index contributed by atoms with van der Waals surface area (Å²) in [4.78, 5) is 31.2. The molecule has 0 aliphatic heterocycles. The first-order valence-corrected chi connectivity index (χ1v) is 4.26. The second-order valence-corrected chi connectivity index (χ2v) is 3.51. The molecule has 0 aromatic rings. The van der Waals surface area contributed by atoms with Crippen molar-refractivity contribution in [1.82, 2.24) is 4.90 Å². The summed E-state index contributed by atoms with van der Waals surface area (Å²) >= 11 is 0. The lowest BCUT2D eigenvalue weighted by atomic mass is 10.9. The standard InChI is InChI=1S/C4H9N2O4P/c1-6(2)3-5-4(7)11(8,9)10/h3H,1-2H3,(H2,8,9,10). The van der Waals surface area contributed by atoms with E-state index in [1.54, 1.807) is 14.1 Å². The van der Waals surface area contributed by atoms with E-state index in [0.29, 0.717) is 0 Å². The Labute approximate surface area is 63.7 Å². The Morgan fingerprint density at radius 1 is 1.55 bits per heavy atom. The van der Waals surface area contributed by atoms with Gasteiger partial charge in [0.15, 0.2) is 0 Å². The van der Waals surface area contributed by atoms with Gasteiger partial charge in [0.1, 0.15) is 0 Å². The fourth-order valence-corrected chi connectivity index (χ4v) is 0.442. The van der Waals surface area contributed by atoms with Gasteiger partial charge >= 0.3 is 13.2 Å². The summed E-state index contributed by atoms with van der Waals surface area (Å²) in [6.07, 6.45) is 1.03. The molecule has 0 aliphatic rings. The number of nitrogens with zero attached hydrogens (tertiary/aromatic N) is 2. The molecule has 0 spiro atoms. The first-order valence-electron chi connectivity index (χ1n) is 2.64. The maximum absolute atomic E-state index is 10.4. The van der Waals surface area contributed by atoms with Gasteiger partial charge in [0.2, 0.25) is 0 Å². The second kappa shape index (κ2) is 3.61. The molecule has 0 atom stereocenters. The van der Waals surface area contributed by atoms with Crippen LogP contribution in [0.1, 0.15) is 0 Å². The number of aliphatic imine (C=N–C) groups is 1. The highest BCUT2D eigenvalue weighted by Crippen LogP contribution is 2.36. The van der Waals surface area contributed by atoms with Crippen molar-refractivity contribution in [1.29, 1.82) is 0 Å². The van der Waals surface area contributed by atoms with E-state index < -0.39 is 13.2 Å². The lowest BCUT2D eigenvalue weighted by Gasteiger charge is -2.01. The molecule has 0 aromatic heterocycles. The maximum atomic E-state index is 10.4. The SMILES string of the molecule is CN(C)C=NC(=O)P(=O)(O)O. The molecule has 0 bridgehead atoms. The molecule has 7 heteroatoms. The number of hydrogen-bond acceptors (Lipinski definition) is 2. The van der Waals surface area contributed by atoms with Crippen LogP contribution in [0.15, 0.2) is 4.99 Å². The van der Waals surface area contributed by atoms with Crippen LogP contribution in [0.5, 0.6) is 0 Å². The van der Waals surface area contributed by atoms with E-state index in [1.165, 1.54) is 4.90 Å². The molecular weight excluding hydrogens is 171 g/mol. The number of rotatable bonds is 2. The Morgan fingerprint density at radius 3 is 2.27 bits per heavy atom. The highest BCUT2D eigenvalue weighted by Gasteiger charge is 2.24. The van der Waals surface area contributed by atoms with Crippen LogP contribution in [0.25, 0.3) is 0 Å². The minimum atomic E-state index is -4.68. The van der Waals surface area contributed by atoms with Crippen molar-refractivity contribution in [3.8, 4) is 0 Å². The summed E-state index contributed by atoms with van der Waals surface area (Å²) in [6, 6.07) is 0. The van der Waals surface area contributed by atoms with Crippen molar-refractivity contribution < 1.29 is 19.1 Å². The van der Waals surface area contributed by atoms with Gasteiger partial charge < -0.3 is 14.7 Å². The van der Waals surface area contributed by atoms with E-state index in [1.807, 2.05) is 0 Å². The van der Waals surface area contributed by atoms with Crippen molar-refractivity contribution >= 4 is 19.6 Å². The van der Waals surface area contributed by atoms with E-state index >= 15 is 0 Å². The smallest absolute Gasteiger partial charge is 0.369 e. The van der Waals surface area contributed by atoms with Gasteiger partial charge in [-0.15, -0.1) is 0 Å². The van der Waals surface area contributed by atoms with Crippen LogP contribution < -0.4 is 0 Å². The van der Waals surface area contributed by atoms with Gasteiger partial charge in [0, 0.05) is 14.1 Å². The molecule has 1 amide bonds. The van der Waals surface area contributed by atoms with Crippen molar-refractivity contribution in [3.63, 3.8) is 0 Å². The Balaban J connectivity index is 4.21. The zero-order chi connectivity index (χ0) is 9.07. The van der Waals surface area contributed by atoms with Gasteiger partial charge in [-0.3, -0.25) is 4.79 Å². The summed E-state index contributed by atoms with van der Waals surface area (Å²) < 4.78 is 10.2. The molecule has 11 heavy (non-hydrogen) atoms. The Hall–Kier alpha value is -0.710. The molecule has 0 radical (unpaired) electrons. The van der Waals surface area contributed by atoms with Gasteiger partial charge in [-0.05, 0) is 0 Å². The lowest BCUT2D eigenvalue weighted by Crippen LogP contribution is -2.09. The Bertz CT molecular complexity index is 218. The van der Waals surface area contributed by atoms with E-state index in [4.69, 9.17) is 9.79 Å². The quantitative estimate of drug-likeness (QED) is 0.351. The van der Waals surface area contributed by atoms with Gasteiger partial charge in [-0.2, -0.15) is 4.99 Å². The number of hydrogen-bond donors (Lipinski definition) is 2. The molecule has 0 rings (SSSR count). The minimum absolute atomic E-state index is 1.03. The largest absolute Gasteiger partial charge is 0.415 e. The Morgan fingerprint density at radius 2 is 2.00 bits per heavy atom. The van der Waals surface area contributed by atoms with Crippen molar-refractivity contribution in [2.45, 2.75) is 0 Å². The van der Waals surface area contributed by atoms with Crippen molar-refractivity contribution in [2.24, 2.45) is 4.99 Å². The zero-order valence-electron chi connectivity index (χ0n) is 6.13. The van der Waals surface area contributed by atoms with Gasteiger partial charge in [-0.25, -0.2) is 4.57 Å². The topological polar surface area (TPSA) is 90.2 Å². The van der Waals surface area contributed by atoms with Gasteiger partial charge in [0.05, 0.1) is 6.34 Å². The third-order valence-corrected chi connectivity index (χ3v) is 1.26. The summed E-state index contributed by atoms with van der Waals surface area (Å²) in [6.45, 7) is 0. The predicted molar refractivity (Wildman–Crippen MR) is 39.6 cm³/mol. The molecule has 0 saturated heterocycles. The monoisotopic (exact) mass is 180 g/mol. The Kier molecular flexibility index (Phi) is 3.38. The number of carbonyl (C=O) groups is 1. The highest BCUT2D eigenvalue weighted by atomic mass is 31.2. The minimum Gasteiger partial charge on any atom is -0.369 e. The lowest BCUT2D eigenvalue weighted by molar-refractivity contribution is 0.255. The van der Waals surface area contributed by atoms with Gasteiger partial charge in [-0.1, -0.05) is 0 Å². The fourth-order valence-electron chi connectivity index (χ4n) is 0.240. The van der Waals surface area contributed by atoms with Crippen LogP contribution in [0.3, 0.4) is 0 Å². The first-order chi connectivity index (χ1) is 4.84. The molecule has 6 nitrogen and oxygen atoms in total. The van der Waals surface area contributed by atoms with Crippen molar-refractivity contribution in [3.05, 3.63) is 0 Å². The summed E-state index contributed by atoms with van der Waals surface area (Å²) in [5.74, 6) is 0. The van der Waals surface area contributed by atoms with Crippen LogP contribution in [0, 0.1) is 0 Å². The molecule has 0 aliphatic carbocycles. The van der Waals surface area contributed by atoms with Crippen LogP contribution in [0.2, 0.25) is 0 Å². The molecule has 0 fully saturated rings. The molecular formula is C4H9N2O4P. The fraction of sp³-hybridized carbons (Fsp3) is 0.500. The molecule has 64 valence electrons. The summed E-state index contributed by atoms with van der Waals surface area (Å²) in [5, 5.41) is 0. The van der Waals surface area contributed by atoms with E-state index in [0.717, 1.165) is 6.34 Å². The van der Waals surface area contributed by atoms with Crippen LogP contribution in [-0.2, 0) is 4.57 Å². The van der Waals surface area contributed by atoms with E-state index in [2.05, 4.69) is 4.99 Å². The third-order valence-electron chi connectivity index (χ3n) is 0.648. The van der Waals surface area contributed by atoms with E-state index in [-0.39, 0.29) is 0 Å². The number of carbonyl (C=O) groups excluding carboxylic acids is 1. The highest BCUT2D eigenvalue weighted by molar-refractivity contribution is 7.70. The van der Waals surface area contributed by atoms with Crippen LogP contribution in [-0.4, -0.2) is 40.8 Å². The molecule has 0 saturated carbocycles. The maximum Gasteiger partial charge on any atom is 0.415 e. The van der Waals surface area contributed by atoms with E-state index in [9.17, 15) is 9.36 Å². The predicted octanol–water partition coefficient (Wildman–Crippen LogP) is -0.126. The number of amides is 1. The average molecular weight is 180 g/mol.